The number of rotatable bonds is 3. The van der Waals surface area contributed by atoms with E-state index < -0.39 is 0 Å². The quantitative estimate of drug-likeness (QED) is 0.643. The van der Waals surface area contributed by atoms with Crippen molar-refractivity contribution in [1.82, 2.24) is 4.98 Å². The molecule has 2 N–H and O–H groups in total. The van der Waals surface area contributed by atoms with Gasteiger partial charge in [-0.3, -0.25) is 4.79 Å². The molecule has 0 spiro atoms. The van der Waals surface area contributed by atoms with E-state index in [9.17, 15) is 9.90 Å². The summed E-state index contributed by atoms with van der Waals surface area (Å²) in [5.74, 6) is -0.165. The van der Waals surface area contributed by atoms with Gasteiger partial charge in [0, 0.05) is 11.3 Å². The molecule has 1 heterocycles. The first-order chi connectivity index (χ1) is 12.6. The predicted molar refractivity (Wildman–Crippen MR) is 107 cm³/mol. The summed E-state index contributed by atoms with van der Waals surface area (Å²) in [7, 11) is 0. The molecule has 5 heteroatoms. The highest BCUT2D eigenvalue weighted by atomic mass is 32.1. The summed E-state index contributed by atoms with van der Waals surface area (Å²) in [6.07, 6.45) is 5.07. The Morgan fingerprint density at radius 1 is 1.08 bits per heavy atom. The maximum atomic E-state index is 12.3. The zero-order valence-electron chi connectivity index (χ0n) is 14.1. The zero-order valence-corrected chi connectivity index (χ0v) is 14.9. The van der Waals surface area contributed by atoms with Gasteiger partial charge in [0.1, 0.15) is 0 Å². The fourth-order valence-electron chi connectivity index (χ4n) is 2.79. The Balaban J connectivity index is 1.67. The Morgan fingerprint density at radius 2 is 1.85 bits per heavy atom. The maximum Gasteiger partial charge on any atom is 0.231 e. The minimum absolute atomic E-state index is 0.0791. The van der Waals surface area contributed by atoms with Gasteiger partial charge in [-0.25, -0.2) is 0 Å². The Hall–Kier alpha value is -3.18. The van der Waals surface area contributed by atoms with Gasteiger partial charge in [-0.15, -0.1) is 0 Å². The summed E-state index contributed by atoms with van der Waals surface area (Å²) in [5.41, 5.74) is 4.47. The standard InChI is InChI=1S/C21H16N2O2S/c1-13-6-9-15(10-7-13)22-21-23-20(25)19(26-21)12-17-16-5-3-2-4-14(16)8-11-18(17)24/h2-12,25H,1H3,(H,22,23). The minimum atomic E-state index is -0.0862. The minimum Gasteiger partial charge on any atom is -0.492 e. The van der Waals surface area contributed by atoms with Gasteiger partial charge < -0.3 is 10.4 Å². The highest BCUT2D eigenvalue weighted by molar-refractivity contribution is 7.16. The molecule has 0 amide bonds. The van der Waals surface area contributed by atoms with Crippen LogP contribution >= 0.6 is 11.3 Å². The molecular formula is C21H16N2O2S. The second-order valence-corrected chi connectivity index (χ2v) is 7.07. The summed E-state index contributed by atoms with van der Waals surface area (Å²) in [5, 5.41) is 14.0. The van der Waals surface area contributed by atoms with E-state index >= 15 is 0 Å². The van der Waals surface area contributed by atoms with E-state index in [1.54, 1.807) is 12.2 Å². The van der Waals surface area contributed by atoms with Gasteiger partial charge in [0.05, 0.1) is 4.88 Å². The number of benzene rings is 2. The van der Waals surface area contributed by atoms with Crippen LogP contribution in [0.2, 0.25) is 0 Å². The van der Waals surface area contributed by atoms with Crippen molar-refractivity contribution in [3.63, 3.8) is 0 Å². The first-order valence-electron chi connectivity index (χ1n) is 8.17. The molecule has 2 aromatic carbocycles. The van der Waals surface area contributed by atoms with Crippen molar-refractivity contribution in [3.8, 4) is 5.88 Å². The third-order valence-electron chi connectivity index (χ3n) is 4.14. The van der Waals surface area contributed by atoms with Crippen LogP contribution in [0.15, 0.2) is 54.6 Å². The van der Waals surface area contributed by atoms with Crippen LogP contribution in [0.4, 0.5) is 10.8 Å². The number of thiazole rings is 1. The van der Waals surface area contributed by atoms with Crippen molar-refractivity contribution in [2.45, 2.75) is 6.92 Å². The normalized spacial score (nSPS) is 14.5. The van der Waals surface area contributed by atoms with Crippen LogP contribution in [0.3, 0.4) is 0 Å². The third-order valence-corrected chi connectivity index (χ3v) is 5.05. The molecule has 26 heavy (non-hydrogen) atoms. The lowest BCUT2D eigenvalue weighted by Crippen LogP contribution is -2.04. The average molecular weight is 360 g/mol. The molecule has 128 valence electrons. The van der Waals surface area contributed by atoms with E-state index in [4.69, 9.17) is 0 Å². The van der Waals surface area contributed by atoms with Crippen molar-refractivity contribution in [2.24, 2.45) is 0 Å². The van der Waals surface area contributed by atoms with E-state index in [0.717, 1.165) is 16.8 Å². The average Bonchev–Trinajstić information content (AvgIpc) is 2.98. The lowest BCUT2D eigenvalue weighted by Gasteiger charge is -2.12. The topological polar surface area (TPSA) is 62.2 Å². The summed E-state index contributed by atoms with van der Waals surface area (Å²) < 4.78 is 0. The maximum absolute atomic E-state index is 12.3. The van der Waals surface area contributed by atoms with E-state index in [0.29, 0.717) is 15.6 Å². The van der Waals surface area contributed by atoms with Crippen LogP contribution in [0.25, 0.3) is 17.7 Å². The molecule has 1 aliphatic rings. The highest BCUT2D eigenvalue weighted by Crippen LogP contribution is 2.35. The number of fused-ring (bicyclic) bond motifs is 1. The largest absolute Gasteiger partial charge is 0.492 e. The molecule has 0 fully saturated rings. The van der Waals surface area contributed by atoms with Crippen LogP contribution in [0.1, 0.15) is 21.6 Å². The summed E-state index contributed by atoms with van der Waals surface area (Å²) in [6, 6.07) is 15.6. The molecule has 0 unspecified atom stereocenters. The number of carbonyl (C=O) groups is 1. The summed E-state index contributed by atoms with van der Waals surface area (Å²) >= 11 is 1.30. The number of hydrogen-bond donors (Lipinski definition) is 2. The Kier molecular flexibility index (Phi) is 4.14. The summed E-state index contributed by atoms with van der Waals surface area (Å²) in [4.78, 5) is 17.0. The van der Waals surface area contributed by atoms with Gasteiger partial charge in [0.25, 0.3) is 0 Å². The number of allylic oxidation sites excluding steroid dienone is 2. The molecule has 0 aliphatic heterocycles. The molecule has 1 aliphatic carbocycles. The van der Waals surface area contributed by atoms with Crippen LogP contribution < -0.4 is 5.32 Å². The third kappa shape index (κ3) is 3.17. The smallest absolute Gasteiger partial charge is 0.231 e. The van der Waals surface area contributed by atoms with Gasteiger partial charge in [0.2, 0.25) is 5.88 Å². The molecule has 0 bridgehead atoms. The van der Waals surface area contributed by atoms with Crippen molar-refractivity contribution in [1.29, 1.82) is 0 Å². The molecular weight excluding hydrogens is 344 g/mol. The molecule has 0 saturated carbocycles. The number of aromatic hydroxyl groups is 1. The number of hydrogen-bond acceptors (Lipinski definition) is 5. The fourth-order valence-corrected chi connectivity index (χ4v) is 3.61. The van der Waals surface area contributed by atoms with Crippen LogP contribution in [0, 0.1) is 6.92 Å². The van der Waals surface area contributed by atoms with E-state index in [1.807, 2.05) is 61.5 Å². The van der Waals surface area contributed by atoms with Crippen molar-refractivity contribution >= 4 is 45.7 Å². The second kappa shape index (κ2) is 6.61. The number of nitrogens with one attached hydrogen (secondary N) is 1. The van der Waals surface area contributed by atoms with Gasteiger partial charge in [-0.05, 0) is 42.3 Å². The van der Waals surface area contributed by atoms with Crippen LogP contribution in [-0.4, -0.2) is 15.9 Å². The number of ketones is 1. The lowest BCUT2D eigenvalue weighted by molar-refractivity contribution is -0.109. The molecule has 1 aromatic heterocycles. The number of carbonyl (C=O) groups excluding carboxylic acids is 1. The summed E-state index contributed by atoms with van der Waals surface area (Å²) in [6.45, 7) is 2.02. The van der Waals surface area contributed by atoms with Gasteiger partial charge in [0.15, 0.2) is 10.9 Å². The second-order valence-electron chi connectivity index (χ2n) is 6.04. The number of aryl methyl sites for hydroxylation is 1. The Labute approximate surface area is 155 Å². The number of nitrogens with zero attached hydrogens (tertiary/aromatic N) is 1. The first-order valence-corrected chi connectivity index (χ1v) is 8.99. The molecule has 4 nitrogen and oxygen atoms in total. The van der Waals surface area contributed by atoms with Crippen molar-refractivity contribution < 1.29 is 9.90 Å². The lowest BCUT2D eigenvalue weighted by atomic mass is 9.91. The van der Waals surface area contributed by atoms with E-state index in [1.165, 1.54) is 16.9 Å². The molecule has 0 atom stereocenters. The fraction of sp³-hybridized carbons (Fsp3) is 0.0476. The number of anilines is 2. The first kappa shape index (κ1) is 16.3. The molecule has 4 rings (SSSR count). The van der Waals surface area contributed by atoms with Gasteiger partial charge in [-0.2, -0.15) is 4.98 Å². The molecule has 0 radical (unpaired) electrons. The van der Waals surface area contributed by atoms with Gasteiger partial charge >= 0.3 is 0 Å². The Morgan fingerprint density at radius 3 is 2.65 bits per heavy atom. The monoisotopic (exact) mass is 360 g/mol. The SMILES string of the molecule is Cc1ccc(Nc2nc(O)c(C=C3C(=O)C=Cc4ccccc43)s2)cc1. The van der Waals surface area contributed by atoms with Crippen LogP contribution in [-0.2, 0) is 4.79 Å². The number of aromatic nitrogens is 1. The zero-order chi connectivity index (χ0) is 18.1. The molecule has 3 aromatic rings. The Bertz CT molecular complexity index is 1050. The predicted octanol–water partition coefficient (Wildman–Crippen LogP) is 5.04. The van der Waals surface area contributed by atoms with E-state index in [-0.39, 0.29) is 11.7 Å². The van der Waals surface area contributed by atoms with Crippen LogP contribution in [0.5, 0.6) is 5.88 Å². The van der Waals surface area contributed by atoms with E-state index in [2.05, 4.69) is 10.3 Å². The van der Waals surface area contributed by atoms with Crippen molar-refractivity contribution in [3.05, 3.63) is 76.2 Å². The van der Waals surface area contributed by atoms with Gasteiger partial charge in [-0.1, -0.05) is 59.4 Å². The highest BCUT2D eigenvalue weighted by Gasteiger charge is 2.18. The van der Waals surface area contributed by atoms with Crippen molar-refractivity contribution in [2.75, 3.05) is 5.32 Å². The molecule has 0 saturated heterocycles.